The van der Waals surface area contributed by atoms with E-state index in [9.17, 15) is 14.7 Å². The number of ether oxygens (including phenoxy) is 3. The predicted molar refractivity (Wildman–Crippen MR) is 130 cm³/mol. The first-order chi connectivity index (χ1) is 16.4. The zero-order valence-electron chi connectivity index (χ0n) is 20.2. The van der Waals surface area contributed by atoms with Crippen molar-refractivity contribution >= 4 is 17.4 Å². The minimum Gasteiger partial charge on any atom is -0.507 e. The molecule has 7 heteroatoms. The SMILES string of the molecule is CCOc1ccc(C(O)=C2C(=O)C(=O)N(CCOC)[C@H]2c2cccc(OCCC(C)C)c2)cc1. The average molecular weight is 468 g/mol. The fourth-order valence-corrected chi connectivity index (χ4v) is 3.86. The summed E-state index contributed by atoms with van der Waals surface area (Å²) in [5, 5.41) is 11.2. The summed E-state index contributed by atoms with van der Waals surface area (Å²) in [6.07, 6.45) is 0.911. The zero-order chi connectivity index (χ0) is 24.7. The predicted octanol–water partition coefficient (Wildman–Crippen LogP) is 4.58. The molecule has 0 bridgehead atoms. The van der Waals surface area contributed by atoms with Crippen LogP contribution in [0, 0.1) is 5.92 Å². The van der Waals surface area contributed by atoms with E-state index >= 15 is 0 Å². The van der Waals surface area contributed by atoms with Crippen LogP contribution in [0.3, 0.4) is 0 Å². The molecule has 0 aromatic heterocycles. The number of carbonyl (C=O) groups is 2. The number of hydrogen-bond acceptors (Lipinski definition) is 6. The number of hydrogen-bond donors (Lipinski definition) is 1. The molecule has 1 amide bonds. The first-order valence-electron chi connectivity index (χ1n) is 11.6. The molecule has 182 valence electrons. The standard InChI is InChI=1S/C27H33NO6/c1-5-33-21-11-9-19(10-12-21)25(29)23-24(28(14-16-32-4)27(31)26(23)30)20-7-6-8-22(17-20)34-15-13-18(2)3/h6-12,17-18,24,29H,5,13-16H2,1-4H3/t24-/m0/s1. The summed E-state index contributed by atoms with van der Waals surface area (Å²) in [6, 6.07) is 13.4. The number of methoxy groups -OCH3 is 1. The number of aliphatic hydroxyl groups is 1. The third kappa shape index (κ3) is 5.78. The molecular formula is C27H33NO6. The number of likely N-dealkylation sites (tertiary alicyclic amines) is 1. The quantitative estimate of drug-likeness (QED) is 0.296. The Hall–Kier alpha value is -3.32. The minimum atomic E-state index is -0.754. The first-order valence-corrected chi connectivity index (χ1v) is 11.6. The van der Waals surface area contributed by atoms with E-state index in [1.807, 2.05) is 31.2 Å². The summed E-state index contributed by atoms with van der Waals surface area (Å²) in [5.41, 5.74) is 1.16. The Morgan fingerprint density at radius 2 is 1.76 bits per heavy atom. The largest absolute Gasteiger partial charge is 0.507 e. The third-order valence-corrected chi connectivity index (χ3v) is 5.65. The van der Waals surface area contributed by atoms with Crippen LogP contribution in [-0.2, 0) is 14.3 Å². The van der Waals surface area contributed by atoms with E-state index in [4.69, 9.17) is 14.2 Å². The molecule has 1 N–H and O–H groups in total. The molecule has 1 atom stereocenters. The molecule has 1 fully saturated rings. The maximum Gasteiger partial charge on any atom is 0.295 e. The van der Waals surface area contributed by atoms with Crippen molar-refractivity contribution in [2.45, 2.75) is 33.2 Å². The number of carbonyl (C=O) groups excluding carboxylic acids is 2. The highest BCUT2D eigenvalue weighted by molar-refractivity contribution is 6.46. The summed E-state index contributed by atoms with van der Waals surface area (Å²) >= 11 is 0. The van der Waals surface area contributed by atoms with Gasteiger partial charge in [0.15, 0.2) is 0 Å². The molecule has 0 radical (unpaired) electrons. The smallest absolute Gasteiger partial charge is 0.295 e. The highest BCUT2D eigenvalue weighted by Gasteiger charge is 2.46. The maximum absolute atomic E-state index is 13.1. The van der Waals surface area contributed by atoms with Gasteiger partial charge in [0.1, 0.15) is 17.3 Å². The van der Waals surface area contributed by atoms with Gasteiger partial charge >= 0.3 is 0 Å². The summed E-state index contributed by atoms with van der Waals surface area (Å²) in [4.78, 5) is 27.5. The second kappa shape index (κ2) is 11.7. The highest BCUT2D eigenvalue weighted by atomic mass is 16.5. The zero-order valence-corrected chi connectivity index (χ0v) is 20.2. The molecule has 0 spiro atoms. The Bertz CT molecular complexity index is 1030. The van der Waals surface area contributed by atoms with Crippen molar-refractivity contribution in [1.82, 2.24) is 4.90 Å². The lowest BCUT2D eigenvalue weighted by molar-refractivity contribution is -0.140. The van der Waals surface area contributed by atoms with Gasteiger partial charge in [-0.15, -0.1) is 0 Å². The molecule has 2 aromatic carbocycles. The van der Waals surface area contributed by atoms with Crippen molar-refractivity contribution in [2.75, 3.05) is 33.5 Å². The number of rotatable bonds is 11. The molecule has 0 aliphatic carbocycles. The molecular weight excluding hydrogens is 434 g/mol. The minimum absolute atomic E-state index is 0.0459. The van der Waals surface area contributed by atoms with Gasteiger partial charge in [-0.2, -0.15) is 0 Å². The van der Waals surface area contributed by atoms with E-state index < -0.39 is 17.7 Å². The average Bonchev–Trinajstić information content (AvgIpc) is 3.08. The van der Waals surface area contributed by atoms with Gasteiger partial charge in [-0.05, 0) is 61.2 Å². The van der Waals surface area contributed by atoms with Crippen LogP contribution in [0.25, 0.3) is 5.76 Å². The molecule has 2 aromatic rings. The molecule has 1 aliphatic rings. The molecule has 34 heavy (non-hydrogen) atoms. The lowest BCUT2D eigenvalue weighted by atomic mass is 9.95. The second-order valence-electron chi connectivity index (χ2n) is 8.55. The number of ketones is 1. The van der Waals surface area contributed by atoms with E-state index in [2.05, 4.69) is 13.8 Å². The topological polar surface area (TPSA) is 85.3 Å². The highest BCUT2D eigenvalue weighted by Crippen LogP contribution is 2.40. The number of aliphatic hydroxyl groups excluding tert-OH is 1. The Kier molecular flexibility index (Phi) is 8.71. The van der Waals surface area contributed by atoms with Gasteiger partial charge in [-0.25, -0.2) is 0 Å². The van der Waals surface area contributed by atoms with Crippen molar-refractivity contribution in [3.05, 3.63) is 65.2 Å². The Morgan fingerprint density at radius 1 is 1.03 bits per heavy atom. The van der Waals surface area contributed by atoms with Crippen LogP contribution in [0.1, 0.15) is 44.4 Å². The van der Waals surface area contributed by atoms with Gasteiger partial charge < -0.3 is 24.2 Å². The number of Topliss-reactive ketones (excluding diaryl/α,β-unsaturated/α-hetero) is 1. The summed E-state index contributed by atoms with van der Waals surface area (Å²) in [6.45, 7) is 7.70. The monoisotopic (exact) mass is 467 g/mol. The summed E-state index contributed by atoms with van der Waals surface area (Å²) < 4.78 is 16.5. The van der Waals surface area contributed by atoms with Crippen molar-refractivity contribution in [1.29, 1.82) is 0 Å². The fourth-order valence-electron chi connectivity index (χ4n) is 3.86. The van der Waals surface area contributed by atoms with Gasteiger partial charge in [-0.1, -0.05) is 26.0 Å². The second-order valence-corrected chi connectivity index (χ2v) is 8.55. The number of benzene rings is 2. The fraction of sp³-hybridized carbons (Fsp3) is 0.407. The number of nitrogens with zero attached hydrogens (tertiary/aromatic N) is 1. The first kappa shape index (κ1) is 25.3. The molecule has 1 aliphatic heterocycles. The van der Waals surface area contributed by atoms with Crippen LogP contribution in [0.2, 0.25) is 0 Å². The van der Waals surface area contributed by atoms with Crippen LogP contribution < -0.4 is 9.47 Å². The Labute approximate surface area is 200 Å². The summed E-state index contributed by atoms with van der Waals surface area (Å²) in [5.74, 6) is 0.203. The van der Waals surface area contributed by atoms with Gasteiger partial charge in [0.25, 0.3) is 11.7 Å². The van der Waals surface area contributed by atoms with Crippen LogP contribution in [0.4, 0.5) is 0 Å². The molecule has 0 unspecified atom stereocenters. The maximum atomic E-state index is 13.1. The van der Waals surface area contributed by atoms with Crippen LogP contribution in [0.15, 0.2) is 54.1 Å². The molecule has 3 rings (SSSR count). The van der Waals surface area contributed by atoms with Gasteiger partial charge in [0.2, 0.25) is 0 Å². The lowest BCUT2D eigenvalue weighted by Crippen LogP contribution is -2.32. The van der Waals surface area contributed by atoms with Crippen molar-refractivity contribution in [3.8, 4) is 11.5 Å². The molecule has 1 saturated heterocycles. The Balaban J connectivity index is 2.02. The van der Waals surface area contributed by atoms with Gasteiger partial charge in [0.05, 0.1) is 31.4 Å². The van der Waals surface area contributed by atoms with Crippen molar-refractivity contribution in [3.63, 3.8) is 0 Å². The molecule has 7 nitrogen and oxygen atoms in total. The summed E-state index contributed by atoms with van der Waals surface area (Å²) in [7, 11) is 1.54. The van der Waals surface area contributed by atoms with E-state index in [1.165, 1.54) is 12.0 Å². The van der Waals surface area contributed by atoms with Gasteiger partial charge in [-0.3, -0.25) is 9.59 Å². The van der Waals surface area contributed by atoms with E-state index in [1.54, 1.807) is 24.3 Å². The lowest BCUT2D eigenvalue weighted by Gasteiger charge is -2.25. The third-order valence-electron chi connectivity index (χ3n) is 5.65. The van der Waals surface area contributed by atoms with E-state index in [0.717, 1.165) is 6.42 Å². The Morgan fingerprint density at radius 3 is 2.41 bits per heavy atom. The number of amides is 1. The van der Waals surface area contributed by atoms with Crippen LogP contribution >= 0.6 is 0 Å². The van der Waals surface area contributed by atoms with Crippen LogP contribution in [0.5, 0.6) is 11.5 Å². The van der Waals surface area contributed by atoms with Crippen molar-refractivity contribution in [2.24, 2.45) is 5.92 Å². The van der Waals surface area contributed by atoms with Gasteiger partial charge in [0, 0.05) is 19.2 Å². The van der Waals surface area contributed by atoms with Crippen LogP contribution in [-0.4, -0.2) is 55.2 Å². The van der Waals surface area contributed by atoms with Crippen molar-refractivity contribution < 1.29 is 28.9 Å². The normalized spacial score (nSPS) is 17.4. The molecule has 0 saturated carbocycles. The molecule has 1 heterocycles. The van der Waals surface area contributed by atoms with E-state index in [0.29, 0.717) is 41.8 Å². The van der Waals surface area contributed by atoms with E-state index in [-0.39, 0.29) is 24.5 Å².